The van der Waals surface area contributed by atoms with E-state index in [2.05, 4.69) is 0 Å². The molecule has 0 saturated heterocycles. The number of para-hydroxylation sites is 2. The Bertz CT molecular complexity index is 702. The molecule has 0 spiro atoms. The minimum Gasteiger partial charge on any atom is -0.395 e. The van der Waals surface area contributed by atoms with Gasteiger partial charge in [-0.05, 0) is 29.7 Å². The zero-order valence-corrected chi connectivity index (χ0v) is 18.2. The maximum Gasteiger partial charge on any atom is 0.584 e. The van der Waals surface area contributed by atoms with Crippen LogP contribution in [0.1, 0.15) is 25.3 Å². The summed E-state index contributed by atoms with van der Waals surface area (Å²) in [5.74, 6) is 0.840. The zero-order chi connectivity index (χ0) is 20.3. The van der Waals surface area contributed by atoms with Gasteiger partial charge in [-0.25, -0.2) is 4.57 Å². The predicted molar refractivity (Wildman–Crippen MR) is 106 cm³/mol. The van der Waals surface area contributed by atoms with E-state index in [1.54, 1.807) is 63.8 Å². The molecule has 0 amide bonds. The summed E-state index contributed by atoms with van der Waals surface area (Å²) in [5.41, 5.74) is 0.860. The smallest absolute Gasteiger partial charge is 0.395 e. The van der Waals surface area contributed by atoms with Crippen molar-refractivity contribution in [3.05, 3.63) is 60.2 Å². The molecule has 2 aromatic rings. The number of hydrogen-bond acceptors (Lipinski definition) is 6. The van der Waals surface area contributed by atoms with Gasteiger partial charge in [0.25, 0.3) is 0 Å². The summed E-state index contributed by atoms with van der Waals surface area (Å²) in [6.07, 6.45) is 0. The molecule has 1 N–H and O–H groups in total. The Morgan fingerprint density at radius 2 is 1.37 bits per heavy atom. The Labute approximate surface area is 162 Å². The van der Waals surface area contributed by atoms with Crippen molar-refractivity contribution in [3.63, 3.8) is 0 Å². The van der Waals surface area contributed by atoms with Crippen molar-refractivity contribution in [2.75, 3.05) is 21.3 Å². The van der Waals surface area contributed by atoms with Crippen LogP contribution in [0.15, 0.2) is 54.6 Å². The third-order valence-electron chi connectivity index (χ3n) is 3.30. The van der Waals surface area contributed by atoms with Crippen LogP contribution < -0.4 is 9.05 Å². The molecule has 1 atom stereocenters. The first-order valence-corrected chi connectivity index (χ1v) is 11.2. The molecule has 1 unspecified atom stereocenters. The van der Waals surface area contributed by atoms with Crippen LogP contribution in [0.5, 0.6) is 11.5 Å². The molecule has 0 fully saturated rings. The molecule has 9 heteroatoms. The highest BCUT2D eigenvalue weighted by Gasteiger charge is 2.26. The Kier molecular flexibility index (Phi) is 10.3. The summed E-state index contributed by atoms with van der Waals surface area (Å²) in [7, 11) is -1.15. The third-order valence-corrected chi connectivity index (χ3v) is 5.32. The van der Waals surface area contributed by atoms with Gasteiger partial charge in [0, 0.05) is 21.3 Å². The Morgan fingerprint density at radius 1 is 0.852 bits per heavy atom. The first-order chi connectivity index (χ1) is 12.8. The molecule has 0 radical (unpaired) electrons. The summed E-state index contributed by atoms with van der Waals surface area (Å²) in [5, 5.41) is 0. The Balaban J connectivity index is 0.000000445. The van der Waals surface area contributed by atoms with E-state index in [9.17, 15) is 9.46 Å². The second-order valence-corrected chi connectivity index (χ2v) is 8.95. The molecule has 0 aliphatic heterocycles. The number of benzene rings is 2. The van der Waals surface area contributed by atoms with Crippen LogP contribution in [-0.2, 0) is 17.8 Å². The standard InChI is InChI=1S/C15H17O4P.C3H10O3Si/c1-12(2)14-10-6-7-11-15(14)19-20(16,17)18-13-8-4-3-5-9-13;1-4-7(5-2)6-3/h3-12H,1-2H3,(H,16,17);7H,1-3H3. The molecule has 2 aromatic carbocycles. The monoisotopic (exact) mass is 414 g/mol. The molecular weight excluding hydrogens is 387 g/mol. The van der Waals surface area contributed by atoms with E-state index < -0.39 is 17.3 Å². The lowest BCUT2D eigenvalue weighted by Gasteiger charge is -2.17. The first-order valence-electron chi connectivity index (χ1n) is 8.27. The molecule has 0 aliphatic carbocycles. The number of rotatable bonds is 8. The average molecular weight is 414 g/mol. The van der Waals surface area contributed by atoms with Crippen LogP contribution in [0.3, 0.4) is 0 Å². The summed E-state index contributed by atoms with van der Waals surface area (Å²) in [6, 6.07) is 15.6. The van der Waals surface area contributed by atoms with Gasteiger partial charge in [-0.1, -0.05) is 50.2 Å². The van der Waals surface area contributed by atoms with Gasteiger partial charge in [0.2, 0.25) is 0 Å². The Morgan fingerprint density at radius 3 is 1.85 bits per heavy atom. The number of phosphoric acid groups is 1. The highest BCUT2D eigenvalue weighted by atomic mass is 31.2. The van der Waals surface area contributed by atoms with Gasteiger partial charge >= 0.3 is 17.3 Å². The fourth-order valence-corrected chi connectivity index (χ4v) is 3.50. The number of phosphoric ester groups is 1. The normalized spacial score (nSPS) is 12.9. The van der Waals surface area contributed by atoms with E-state index in [1.165, 1.54) is 0 Å². The van der Waals surface area contributed by atoms with E-state index in [0.717, 1.165) is 5.56 Å². The van der Waals surface area contributed by atoms with Gasteiger partial charge in [-0.15, -0.1) is 0 Å². The van der Waals surface area contributed by atoms with Gasteiger partial charge < -0.3 is 22.3 Å². The first kappa shape index (κ1) is 23.4. The highest BCUT2D eigenvalue weighted by molar-refractivity contribution is 7.48. The summed E-state index contributed by atoms with van der Waals surface area (Å²) in [4.78, 5) is 9.84. The van der Waals surface area contributed by atoms with Crippen LogP contribution in [-0.4, -0.2) is 35.8 Å². The van der Waals surface area contributed by atoms with E-state index in [1.807, 2.05) is 26.0 Å². The highest BCUT2D eigenvalue weighted by Crippen LogP contribution is 2.46. The van der Waals surface area contributed by atoms with Crippen molar-refractivity contribution < 1.29 is 31.8 Å². The lowest BCUT2D eigenvalue weighted by molar-refractivity contribution is 0.163. The molecule has 0 saturated carbocycles. The summed E-state index contributed by atoms with van der Waals surface area (Å²) >= 11 is 0. The van der Waals surface area contributed by atoms with Crippen molar-refractivity contribution in [2.45, 2.75) is 19.8 Å². The van der Waals surface area contributed by atoms with Crippen LogP contribution in [0.2, 0.25) is 0 Å². The maximum absolute atomic E-state index is 12.0. The van der Waals surface area contributed by atoms with Crippen LogP contribution >= 0.6 is 7.82 Å². The largest absolute Gasteiger partial charge is 0.584 e. The van der Waals surface area contributed by atoms with Crippen molar-refractivity contribution in [3.8, 4) is 11.5 Å². The topological polar surface area (TPSA) is 83.5 Å². The molecule has 27 heavy (non-hydrogen) atoms. The van der Waals surface area contributed by atoms with Crippen LogP contribution in [0, 0.1) is 0 Å². The van der Waals surface area contributed by atoms with Gasteiger partial charge in [0.05, 0.1) is 0 Å². The van der Waals surface area contributed by atoms with Gasteiger partial charge in [0.15, 0.2) is 0 Å². The van der Waals surface area contributed by atoms with Crippen molar-refractivity contribution in [2.24, 2.45) is 0 Å². The molecule has 0 bridgehead atoms. The summed E-state index contributed by atoms with van der Waals surface area (Å²) in [6.45, 7) is 3.98. The second-order valence-electron chi connectivity index (χ2n) is 5.65. The molecule has 150 valence electrons. The quantitative estimate of drug-likeness (QED) is 0.516. The van der Waals surface area contributed by atoms with E-state index in [0.29, 0.717) is 11.5 Å². The molecule has 0 aromatic heterocycles. The minimum absolute atomic E-state index is 0.183. The zero-order valence-electron chi connectivity index (χ0n) is 16.2. The van der Waals surface area contributed by atoms with E-state index in [-0.39, 0.29) is 5.92 Å². The van der Waals surface area contributed by atoms with Gasteiger partial charge in [-0.2, -0.15) is 0 Å². The molecule has 2 rings (SSSR count). The van der Waals surface area contributed by atoms with Gasteiger partial charge in [0.1, 0.15) is 11.5 Å². The molecular formula is C18H27O7PSi. The molecule has 7 nitrogen and oxygen atoms in total. The number of hydrogen-bond donors (Lipinski definition) is 1. The van der Waals surface area contributed by atoms with Crippen molar-refractivity contribution in [1.29, 1.82) is 0 Å². The lowest BCUT2D eigenvalue weighted by atomic mass is 10.0. The van der Waals surface area contributed by atoms with Crippen LogP contribution in [0.25, 0.3) is 0 Å². The van der Waals surface area contributed by atoms with Crippen LogP contribution in [0.4, 0.5) is 0 Å². The summed E-state index contributed by atoms with van der Waals surface area (Å²) < 4.78 is 36.5. The minimum atomic E-state index is -4.20. The second kappa shape index (κ2) is 11.9. The molecule has 0 heterocycles. The van der Waals surface area contributed by atoms with Crippen molar-refractivity contribution >= 4 is 17.3 Å². The van der Waals surface area contributed by atoms with Crippen molar-refractivity contribution in [1.82, 2.24) is 0 Å². The third kappa shape index (κ3) is 8.70. The molecule has 0 aliphatic rings. The average Bonchev–Trinajstić information content (AvgIpc) is 2.64. The SMILES string of the molecule is CC(C)c1ccccc1OP(=O)(O)Oc1ccccc1.CO[SiH](OC)OC. The predicted octanol–water partition coefficient (Wildman–Crippen LogP) is 4.01. The fraction of sp³-hybridized carbons (Fsp3) is 0.333. The van der Waals surface area contributed by atoms with E-state index in [4.69, 9.17) is 22.3 Å². The Hall–Kier alpha value is -1.67. The maximum atomic E-state index is 12.0. The lowest BCUT2D eigenvalue weighted by Crippen LogP contribution is -2.21. The fourth-order valence-electron chi connectivity index (χ4n) is 2.09. The van der Waals surface area contributed by atoms with Gasteiger partial charge in [-0.3, -0.25) is 4.89 Å². The van der Waals surface area contributed by atoms with E-state index >= 15 is 0 Å².